The molecule has 0 amide bonds. The van der Waals surface area contributed by atoms with Crippen LogP contribution in [0, 0.1) is 13.8 Å². The van der Waals surface area contributed by atoms with Gasteiger partial charge in [0.05, 0.1) is 0 Å². The Morgan fingerprint density at radius 1 is 1.33 bits per heavy atom. The van der Waals surface area contributed by atoms with Gasteiger partial charge in [0.15, 0.2) is 0 Å². The minimum absolute atomic E-state index is 0.109. The number of nitrogens with zero attached hydrogens (tertiary/aromatic N) is 2. The molecule has 1 heterocycles. The van der Waals surface area contributed by atoms with E-state index in [1.807, 2.05) is 0 Å². The van der Waals surface area contributed by atoms with Gasteiger partial charge >= 0.3 is 6.18 Å². The van der Waals surface area contributed by atoms with Crippen LogP contribution < -0.4 is 0 Å². The summed E-state index contributed by atoms with van der Waals surface area (Å²) in [5.74, 6) is -0.109. The summed E-state index contributed by atoms with van der Waals surface area (Å²) < 4.78 is 36.1. The van der Waals surface area contributed by atoms with Crippen LogP contribution in [-0.4, -0.2) is 9.97 Å². The highest BCUT2D eigenvalue weighted by atomic mass is 19.4. The van der Waals surface area contributed by atoms with E-state index in [0.29, 0.717) is 0 Å². The molecular weight excluding hydrogens is 169 g/mol. The van der Waals surface area contributed by atoms with Crippen molar-refractivity contribution in [1.82, 2.24) is 9.97 Å². The number of aryl methyl sites for hydroxylation is 1. The average Bonchev–Trinajstić information content (AvgIpc) is 1.82. The number of alkyl halides is 3. The van der Waals surface area contributed by atoms with Crippen LogP contribution in [-0.2, 0) is 6.18 Å². The molecular formula is C7H6F3N2. The Balaban J connectivity index is 3.18. The van der Waals surface area contributed by atoms with Crippen LogP contribution in [0.4, 0.5) is 13.2 Å². The maximum absolute atomic E-state index is 12.0. The van der Waals surface area contributed by atoms with Gasteiger partial charge < -0.3 is 0 Å². The number of aromatic nitrogens is 2. The lowest BCUT2D eigenvalue weighted by atomic mass is 10.3. The first-order valence-corrected chi connectivity index (χ1v) is 3.14. The Morgan fingerprint density at radius 2 is 1.92 bits per heavy atom. The molecule has 0 fully saturated rings. The lowest BCUT2D eigenvalue weighted by molar-refractivity contribution is -0.141. The molecule has 0 bridgehead atoms. The maximum atomic E-state index is 12.0. The number of rotatable bonds is 0. The summed E-state index contributed by atoms with van der Waals surface area (Å²) in [6, 6.07) is 0.884. The highest BCUT2D eigenvalue weighted by Gasteiger charge is 2.32. The molecule has 0 aliphatic carbocycles. The van der Waals surface area contributed by atoms with Crippen molar-refractivity contribution >= 4 is 0 Å². The molecule has 1 radical (unpaired) electrons. The van der Waals surface area contributed by atoms with Crippen molar-refractivity contribution in [2.75, 3.05) is 0 Å². The van der Waals surface area contributed by atoms with Crippen molar-refractivity contribution in [2.45, 2.75) is 13.1 Å². The highest BCUT2D eigenvalue weighted by Crippen LogP contribution is 2.27. The molecule has 0 aliphatic heterocycles. The molecule has 1 aromatic rings. The topological polar surface area (TPSA) is 25.8 Å². The van der Waals surface area contributed by atoms with Crippen LogP contribution in [0.1, 0.15) is 17.2 Å². The van der Waals surface area contributed by atoms with E-state index in [2.05, 4.69) is 16.9 Å². The van der Waals surface area contributed by atoms with Gasteiger partial charge in [-0.25, -0.2) is 9.97 Å². The van der Waals surface area contributed by atoms with Gasteiger partial charge in [-0.3, -0.25) is 0 Å². The summed E-state index contributed by atoms with van der Waals surface area (Å²) >= 11 is 0. The van der Waals surface area contributed by atoms with Gasteiger partial charge in [-0.05, 0) is 13.0 Å². The molecule has 2 nitrogen and oxygen atoms in total. The Morgan fingerprint density at radius 3 is 2.33 bits per heavy atom. The Hall–Kier alpha value is -1.13. The molecule has 0 atom stereocenters. The minimum Gasteiger partial charge on any atom is -0.238 e. The number of hydrogen-bond acceptors (Lipinski definition) is 2. The fourth-order valence-electron chi connectivity index (χ4n) is 0.775. The summed E-state index contributed by atoms with van der Waals surface area (Å²) in [5, 5.41) is 0. The van der Waals surface area contributed by atoms with Gasteiger partial charge in [0.1, 0.15) is 11.5 Å². The summed E-state index contributed by atoms with van der Waals surface area (Å²) in [4.78, 5) is 6.78. The zero-order chi connectivity index (χ0) is 9.35. The molecule has 1 rings (SSSR count). The van der Waals surface area contributed by atoms with Crippen molar-refractivity contribution in [2.24, 2.45) is 0 Å². The second-order valence-electron chi connectivity index (χ2n) is 2.31. The first-order valence-electron chi connectivity index (χ1n) is 3.14. The lowest BCUT2D eigenvalue weighted by Crippen LogP contribution is -2.10. The molecule has 65 valence electrons. The fourth-order valence-corrected chi connectivity index (χ4v) is 0.775. The Labute approximate surface area is 67.5 Å². The summed E-state index contributed by atoms with van der Waals surface area (Å²) in [6.45, 7) is 4.70. The minimum atomic E-state index is -4.42. The quantitative estimate of drug-likeness (QED) is 0.602. The largest absolute Gasteiger partial charge is 0.433 e. The van der Waals surface area contributed by atoms with Crippen LogP contribution in [0.2, 0.25) is 0 Å². The Bertz CT molecular complexity index is 273. The molecule has 0 saturated carbocycles. The molecule has 0 aromatic carbocycles. The first-order chi connectivity index (χ1) is 5.39. The fraction of sp³-hybridized carbons (Fsp3) is 0.286. The molecule has 12 heavy (non-hydrogen) atoms. The van der Waals surface area contributed by atoms with E-state index in [4.69, 9.17) is 0 Å². The van der Waals surface area contributed by atoms with Crippen molar-refractivity contribution < 1.29 is 13.2 Å². The van der Waals surface area contributed by atoms with Crippen molar-refractivity contribution in [3.05, 3.63) is 30.2 Å². The lowest BCUT2D eigenvalue weighted by Gasteiger charge is -2.06. The maximum Gasteiger partial charge on any atom is 0.433 e. The standard InChI is InChI=1S/C7H6F3N2/c1-4-3-6(7(8,9)10)12-5(2)11-4/h3H,2H2,1H3. The smallest absolute Gasteiger partial charge is 0.238 e. The highest BCUT2D eigenvalue weighted by molar-refractivity contribution is 5.13. The second-order valence-corrected chi connectivity index (χ2v) is 2.31. The van der Waals surface area contributed by atoms with E-state index < -0.39 is 11.9 Å². The zero-order valence-corrected chi connectivity index (χ0v) is 6.31. The molecule has 1 aromatic heterocycles. The van der Waals surface area contributed by atoms with E-state index in [-0.39, 0.29) is 11.5 Å². The normalized spacial score (nSPS) is 11.8. The third-order valence-electron chi connectivity index (χ3n) is 1.19. The number of hydrogen-bond donors (Lipinski definition) is 0. The van der Waals surface area contributed by atoms with Gasteiger partial charge in [-0.1, -0.05) is 0 Å². The van der Waals surface area contributed by atoms with Crippen LogP contribution in [0.5, 0.6) is 0 Å². The molecule has 0 aliphatic rings. The predicted octanol–water partition coefficient (Wildman–Crippen LogP) is 1.99. The zero-order valence-electron chi connectivity index (χ0n) is 6.31. The van der Waals surface area contributed by atoms with E-state index in [0.717, 1.165) is 6.07 Å². The average molecular weight is 175 g/mol. The summed E-state index contributed by atoms with van der Waals surface area (Å²) in [5.41, 5.74) is -0.678. The van der Waals surface area contributed by atoms with Gasteiger partial charge in [0, 0.05) is 12.6 Å². The van der Waals surface area contributed by atoms with Crippen LogP contribution in [0.25, 0.3) is 0 Å². The van der Waals surface area contributed by atoms with Crippen LogP contribution >= 0.6 is 0 Å². The molecule has 0 spiro atoms. The van der Waals surface area contributed by atoms with Crippen LogP contribution in [0.15, 0.2) is 6.07 Å². The van der Waals surface area contributed by atoms with Gasteiger partial charge in [-0.15, -0.1) is 0 Å². The Kier molecular flexibility index (Phi) is 2.04. The SMILES string of the molecule is [CH2]c1nc(C)cc(C(F)(F)F)n1. The molecule has 0 unspecified atom stereocenters. The molecule has 0 saturated heterocycles. The molecule has 5 heteroatoms. The monoisotopic (exact) mass is 175 g/mol. The van der Waals surface area contributed by atoms with E-state index in [9.17, 15) is 13.2 Å². The van der Waals surface area contributed by atoms with E-state index in [1.165, 1.54) is 6.92 Å². The molecule has 0 N–H and O–H groups in total. The van der Waals surface area contributed by atoms with Crippen molar-refractivity contribution in [1.29, 1.82) is 0 Å². The van der Waals surface area contributed by atoms with Gasteiger partial charge in [-0.2, -0.15) is 13.2 Å². The second kappa shape index (κ2) is 2.73. The third kappa shape index (κ3) is 1.93. The summed E-state index contributed by atoms with van der Waals surface area (Å²) in [6.07, 6.45) is -4.42. The van der Waals surface area contributed by atoms with E-state index >= 15 is 0 Å². The first kappa shape index (κ1) is 8.96. The van der Waals surface area contributed by atoms with Gasteiger partial charge in [0.2, 0.25) is 0 Å². The predicted molar refractivity (Wildman–Crippen MR) is 36.2 cm³/mol. The van der Waals surface area contributed by atoms with Crippen LogP contribution in [0.3, 0.4) is 0 Å². The number of halogens is 3. The summed E-state index contributed by atoms with van der Waals surface area (Å²) in [7, 11) is 0. The van der Waals surface area contributed by atoms with E-state index in [1.54, 1.807) is 0 Å². The third-order valence-corrected chi connectivity index (χ3v) is 1.19. The van der Waals surface area contributed by atoms with Gasteiger partial charge in [0.25, 0.3) is 0 Å². The van der Waals surface area contributed by atoms with Crippen molar-refractivity contribution in [3.8, 4) is 0 Å². The van der Waals surface area contributed by atoms with Crippen molar-refractivity contribution in [3.63, 3.8) is 0 Å².